The first kappa shape index (κ1) is 18.0. The molecule has 0 saturated heterocycles. The number of halogens is 1. The third-order valence-electron chi connectivity index (χ3n) is 3.53. The van der Waals surface area contributed by atoms with Crippen molar-refractivity contribution in [3.63, 3.8) is 0 Å². The summed E-state index contributed by atoms with van der Waals surface area (Å²) in [6.07, 6.45) is 6.66. The molecule has 1 aliphatic heterocycles. The van der Waals surface area contributed by atoms with E-state index < -0.39 is 11.9 Å². The minimum atomic E-state index is -0.626. The van der Waals surface area contributed by atoms with Gasteiger partial charge in [-0.25, -0.2) is 9.59 Å². The van der Waals surface area contributed by atoms with Gasteiger partial charge in [-0.1, -0.05) is 12.1 Å². The van der Waals surface area contributed by atoms with E-state index in [4.69, 9.17) is 9.47 Å². The lowest BCUT2D eigenvalue weighted by atomic mass is 10.1. The zero-order valence-electron chi connectivity index (χ0n) is 13.9. The predicted molar refractivity (Wildman–Crippen MR) is 95.4 cm³/mol. The van der Waals surface area contributed by atoms with Gasteiger partial charge in [-0.05, 0) is 59.1 Å². The summed E-state index contributed by atoms with van der Waals surface area (Å²) in [4.78, 5) is 26.2. The minimum absolute atomic E-state index is 0.0991. The first-order chi connectivity index (χ1) is 11.4. The highest BCUT2D eigenvalue weighted by atomic mass is 79.9. The zero-order valence-corrected chi connectivity index (χ0v) is 15.5. The Balaban J connectivity index is 2.75. The van der Waals surface area contributed by atoms with Gasteiger partial charge in [-0.3, -0.25) is 0 Å². The highest BCUT2D eigenvalue weighted by molar-refractivity contribution is 9.10. The maximum absolute atomic E-state index is 12.4. The second kappa shape index (κ2) is 7.49. The van der Waals surface area contributed by atoms with Crippen molar-refractivity contribution < 1.29 is 19.1 Å². The van der Waals surface area contributed by atoms with Crippen molar-refractivity contribution >= 4 is 33.6 Å². The van der Waals surface area contributed by atoms with Crippen molar-refractivity contribution in [2.24, 2.45) is 0 Å². The second-order valence-electron chi connectivity index (χ2n) is 5.23. The molecule has 1 aromatic carbocycles. The van der Waals surface area contributed by atoms with Crippen molar-refractivity contribution in [3.8, 4) is 0 Å². The molecular formula is C18H18BrNO4. The monoisotopic (exact) mass is 391 g/mol. The van der Waals surface area contributed by atoms with E-state index >= 15 is 0 Å². The van der Waals surface area contributed by atoms with Crippen LogP contribution in [-0.2, 0) is 19.1 Å². The molecule has 0 fully saturated rings. The topological polar surface area (TPSA) is 55.8 Å². The molecule has 0 saturated carbocycles. The summed E-state index contributed by atoms with van der Waals surface area (Å²) in [7, 11) is 2.55. The molecule has 1 aliphatic rings. The highest BCUT2D eigenvalue weighted by Gasteiger charge is 2.29. The van der Waals surface area contributed by atoms with Crippen LogP contribution in [0.3, 0.4) is 0 Å². The number of methoxy groups -OCH3 is 2. The third kappa shape index (κ3) is 3.43. The van der Waals surface area contributed by atoms with Crippen LogP contribution in [0.25, 0.3) is 0 Å². The highest BCUT2D eigenvalue weighted by Crippen LogP contribution is 2.36. The summed E-state index contributed by atoms with van der Waals surface area (Å²) in [5, 5.41) is 0. The number of carbonyl (C=O) groups excluding carboxylic acids is 2. The Kier molecular flexibility index (Phi) is 5.62. The molecule has 6 heteroatoms. The lowest BCUT2D eigenvalue weighted by Crippen LogP contribution is -2.27. The molecule has 0 aromatic heterocycles. The standard InChI is InChI=1S/C18H18BrNO4/c1-11-9-12(2)15(14(19)10-11)20-8-6-5-7-13(17(21)23-3)16(20)18(22)24-4/h5-10H,1-4H3. The average Bonchev–Trinajstić information content (AvgIpc) is 2.75. The van der Waals surface area contributed by atoms with Crippen LogP contribution in [0.4, 0.5) is 5.69 Å². The molecule has 5 nitrogen and oxygen atoms in total. The summed E-state index contributed by atoms with van der Waals surface area (Å²) in [5.74, 6) is -1.24. The normalized spacial score (nSPS) is 13.8. The fraction of sp³-hybridized carbons (Fsp3) is 0.222. The molecule has 0 atom stereocenters. The van der Waals surface area contributed by atoms with E-state index in [1.807, 2.05) is 26.0 Å². The van der Waals surface area contributed by atoms with Gasteiger partial charge in [0, 0.05) is 10.7 Å². The van der Waals surface area contributed by atoms with Gasteiger partial charge >= 0.3 is 11.9 Å². The van der Waals surface area contributed by atoms with Crippen molar-refractivity contribution in [1.29, 1.82) is 0 Å². The minimum Gasteiger partial charge on any atom is -0.465 e. The van der Waals surface area contributed by atoms with Gasteiger partial charge in [-0.2, -0.15) is 0 Å². The van der Waals surface area contributed by atoms with E-state index in [0.717, 1.165) is 21.3 Å². The summed E-state index contributed by atoms with van der Waals surface area (Å²) in [5.41, 5.74) is 3.00. The molecule has 0 radical (unpaired) electrons. The lowest BCUT2D eigenvalue weighted by Gasteiger charge is -2.26. The summed E-state index contributed by atoms with van der Waals surface area (Å²) < 4.78 is 10.5. The zero-order chi connectivity index (χ0) is 17.9. The number of hydrogen-bond donors (Lipinski definition) is 0. The van der Waals surface area contributed by atoms with Crippen LogP contribution in [0.2, 0.25) is 0 Å². The van der Waals surface area contributed by atoms with E-state index in [-0.39, 0.29) is 11.3 Å². The van der Waals surface area contributed by atoms with Crippen molar-refractivity contribution in [1.82, 2.24) is 0 Å². The van der Waals surface area contributed by atoms with Crippen molar-refractivity contribution in [2.75, 3.05) is 19.1 Å². The fourth-order valence-electron chi connectivity index (χ4n) is 2.55. The van der Waals surface area contributed by atoms with Crippen LogP contribution >= 0.6 is 15.9 Å². The van der Waals surface area contributed by atoms with Gasteiger partial charge in [0.1, 0.15) is 5.70 Å². The Bertz CT molecular complexity index is 754. The SMILES string of the molecule is COC(=O)C1=C(C(=O)OC)N(c2c(C)cc(C)cc2Br)C=CC=C1. The van der Waals surface area contributed by atoms with Gasteiger partial charge in [0.05, 0.1) is 25.5 Å². The number of hydrogen-bond acceptors (Lipinski definition) is 5. The molecule has 0 N–H and O–H groups in total. The largest absolute Gasteiger partial charge is 0.465 e. The van der Waals surface area contributed by atoms with E-state index in [1.165, 1.54) is 20.3 Å². The Morgan fingerprint density at radius 2 is 1.71 bits per heavy atom. The molecule has 0 amide bonds. The number of esters is 2. The fourth-order valence-corrected chi connectivity index (χ4v) is 3.41. The molecule has 0 bridgehead atoms. The maximum Gasteiger partial charge on any atom is 0.355 e. The lowest BCUT2D eigenvalue weighted by molar-refractivity contribution is -0.139. The predicted octanol–water partition coefficient (Wildman–Crippen LogP) is 3.56. The molecule has 0 aliphatic carbocycles. The number of ether oxygens (including phenoxy) is 2. The quantitative estimate of drug-likeness (QED) is 0.737. The van der Waals surface area contributed by atoms with Crippen LogP contribution in [-0.4, -0.2) is 26.2 Å². The van der Waals surface area contributed by atoms with Gasteiger partial charge in [0.2, 0.25) is 0 Å². The summed E-state index contributed by atoms with van der Waals surface area (Å²) in [6.45, 7) is 3.92. The Morgan fingerprint density at radius 3 is 2.29 bits per heavy atom. The van der Waals surface area contributed by atoms with Gasteiger partial charge in [-0.15, -0.1) is 0 Å². The number of aryl methyl sites for hydroxylation is 2. The van der Waals surface area contributed by atoms with E-state index in [1.54, 1.807) is 23.3 Å². The maximum atomic E-state index is 12.4. The molecule has 1 heterocycles. The third-order valence-corrected chi connectivity index (χ3v) is 4.13. The average molecular weight is 392 g/mol. The Hall–Kier alpha value is -2.34. The Morgan fingerprint density at radius 1 is 1.04 bits per heavy atom. The molecule has 2 rings (SSSR count). The molecule has 0 spiro atoms. The van der Waals surface area contributed by atoms with Crippen LogP contribution in [0.5, 0.6) is 0 Å². The van der Waals surface area contributed by atoms with Gasteiger partial charge in [0.25, 0.3) is 0 Å². The van der Waals surface area contributed by atoms with E-state index in [2.05, 4.69) is 15.9 Å². The number of benzene rings is 1. The number of anilines is 1. The van der Waals surface area contributed by atoms with Crippen LogP contribution in [0.15, 0.2) is 52.3 Å². The van der Waals surface area contributed by atoms with Crippen LogP contribution in [0, 0.1) is 13.8 Å². The van der Waals surface area contributed by atoms with Gasteiger partial charge < -0.3 is 14.4 Å². The van der Waals surface area contributed by atoms with Crippen LogP contribution in [0.1, 0.15) is 11.1 Å². The number of nitrogens with zero attached hydrogens (tertiary/aromatic N) is 1. The smallest absolute Gasteiger partial charge is 0.355 e. The van der Waals surface area contributed by atoms with Crippen LogP contribution < -0.4 is 4.90 Å². The van der Waals surface area contributed by atoms with E-state index in [0.29, 0.717) is 0 Å². The van der Waals surface area contributed by atoms with E-state index in [9.17, 15) is 9.59 Å². The molecule has 24 heavy (non-hydrogen) atoms. The Labute approximate surface area is 149 Å². The second-order valence-corrected chi connectivity index (χ2v) is 6.08. The summed E-state index contributed by atoms with van der Waals surface area (Å²) >= 11 is 3.54. The summed E-state index contributed by atoms with van der Waals surface area (Å²) in [6, 6.07) is 3.94. The van der Waals surface area contributed by atoms with Gasteiger partial charge in [0.15, 0.2) is 0 Å². The molecule has 126 valence electrons. The number of rotatable bonds is 3. The first-order valence-corrected chi connectivity index (χ1v) is 8.01. The number of carbonyl (C=O) groups is 2. The first-order valence-electron chi connectivity index (χ1n) is 7.22. The number of allylic oxidation sites excluding steroid dienone is 2. The molecule has 1 aromatic rings. The van der Waals surface area contributed by atoms with Crippen molar-refractivity contribution in [3.05, 3.63) is 63.4 Å². The molecular weight excluding hydrogens is 374 g/mol. The van der Waals surface area contributed by atoms with Crippen molar-refractivity contribution in [2.45, 2.75) is 13.8 Å². The molecule has 0 unspecified atom stereocenters.